The van der Waals surface area contributed by atoms with Gasteiger partial charge in [-0.3, -0.25) is 4.79 Å². The number of nitrogens with zero attached hydrogens (tertiary/aromatic N) is 1. The zero-order valence-corrected chi connectivity index (χ0v) is 17.5. The van der Waals surface area contributed by atoms with Gasteiger partial charge in [-0.2, -0.15) is 4.31 Å². The number of hydrogen-bond donors (Lipinski definition) is 1. The number of hydrogen-bond acceptors (Lipinski definition) is 5. The molecule has 0 aliphatic rings. The fourth-order valence-corrected chi connectivity index (χ4v) is 3.68. The Morgan fingerprint density at radius 3 is 2.00 bits per heavy atom. The second-order valence-corrected chi connectivity index (χ2v) is 8.56. The molecule has 0 bridgehead atoms. The molecule has 2 rings (SSSR count). The number of carbonyl (C=O) groups is 1. The molecule has 2 aromatic rings. The molecule has 0 saturated heterocycles. The van der Waals surface area contributed by atoms with Gasteiger partial charge in [0.2, 0.25) is 10.0 Å². The Kier molecular flexibility index (Phi) is 7.04. The molecule has 1 unspecified atom stereocenters. The molecule has 0 heterocycles. The number of methoxy groups -OCH3 is 1. The van der Waals surface area contributed by atoms with Gasteiger partial charge in [0.05, 0.1) is 12.0 Å². The second kappa shape index (κ2) is 9.07. The topological polar surface area (TPSA) is 84.9 Å². The van der Waals surface area contributed by atoms with Gasteiger partial charge in [0.1, 0.15) is 11.5 Å². The quantitative estimate of drug-likeness (QED) is 0.728. The summed E-state index contributed by atoms with van der Waals surface area (Å²) in [6.45, 7) is 5.24. The van der Waals surface area contributed by atoms with Gasteiger partial charge < -0.3 is 14.8 Å². The molecule has 0 aromatic heterocycles. The molecule has 1 amide bonds. The fraction of sp³-hybridized carbons (Fsp3) is 0.350. The van der Waals surface area contributed by atoms with Crippen LogP contribution in [0, 0.1) is 0 Å². The smallest absolute Gasteiger partial charge is 0.265 e. The summed E-state index contributed by atoms with van der Waals surface area (Å²) >= 11 is 0. The van der Waals surface area contributed by atoms with E-state index >= 15 is 0 Å². The Balaban J connectivity index is 2.01. The monoisotopic (exact) mass is 406 g/mol. The summed E-state index contributed by atoms with van der Waals surface area (Å²) in [5.74, 6) is 0.898. The molecule has 1 N–H and O–H groups in total. The average Bonchev–Trinajstić information content (AvgIpc) is 2.68. The zero-order chi connectivity index (χ0) is 20.9. The summed E-state index contributed by atoms with van der Waals surface area (Å²) in [5.41, 5.74) is 0.487. The van der Waals surface area contributed by atoms with Crippen LogP contribution in [0.25, 0.3) is 0 Å². The van der Waals surface area contributed by atoms with Gasteiger partial charge >= 0.3 is 0 Å². The van der Waals surface area contributed by atoms with Crippen molar-refractivity contribution in [2.75, 3.05) is 19.5 Å². The number of ether oxygens (including phenoxy) is 2. The molecular formula is C20H26N2O5S. The highest BCUT2D eigenvalue weighted by Gasteiger charge is 2.23. The van der Waals surface area contributed by atoms with Crippen LogP contribution in [-0.2, 0) is 14.8 Å². The van der Waals surface area contributed by atoms with E-state index in [0.717, 1.165) is 0 Å². The third-order valence-corrected chi connectivity index (χ3v) is 6.32. The van der Waals surface area contributed by atoms with Crippen LogP contribution in [-0.4, -0.2) is 44.9 Å². The maximum Gasteiger partial charge on any atom is 0.265 e. The number of benzene rings is 2. The number of sulfonamides is 1. The van der Waals surface area contributed by atoms with Crippen LogP contribution >= 0.6 is 0 Å². The van der Waals surface area contributed by atoms with Crippen molar-refractivity contribution in [1.29, 1.82) is 0 Å². The number of rotatable bonds is 8. The van der Waals surface area contributed by atoms with Crippen molar-refractivity contribution < 1.29 is 22.7 Å². The highest BCUT2D eigenvalue weighted by Crippen LogP contribution is 2.20. The van der Waals surface area contributed by atoms with Crippen molar-refractivity contribution in [3.05, 3.63) is 48.5 Å². The van der Waals surface area contributed by atoms with Crippen LogP contribution in [0.15, 0.2) is 53.4 Å². The van der Waals surface area contributed by atoms with E-state index in [0.29, 0.717) is 17.2 Å². The number of carbonyl (C=O) groups excluding carboxylic acids is 1. The third kappa shape index (κ3) is 5.24. The second-order valence-electron chi connectivity index (χ2n) is 6.56. The minimum atomic E-state index is -3.56. The van der Waals surface area contributed by atoms with E-state index in [2.05, 4.69) is 5.32 Å². The third-order valence-electron chi connectivity index (χ3n) is 4.27. The van der Waals surface area contributed by atoms with Crippen LogP contribution < -0.4 is 14.8 Å². The van der Waals surface area contributed by atoms with Crippen molar-refractivity contribution in [1.82, 2.24) is 4.31 Å². The Bertz CT molecular complexity index is 893. The predicted molar refractivity (Wildman–Crippen MR) is 108 cm³/mol. The molecule has 152 valence electrons. The summed E-state index contributed by atoms with van der Waals surface area (Å²) in [7, 11) is -0.452. The minimum Gasteiger partial charge on any atom is -0.497 e. The van der Waals surface area contributed by atoms with Crippen molar-refractivity contribution in [2.24, 2.45) is 0 Å². The molecule has 0 aliphatic heterocycles. The molecule has 0 aliphatic carbocycles. The normalized spacial score (nSPS) is 12.7. The first kappa shape index (κ1) is 21.7. The van der Waals surface area contributed by atoms with E-state index < -0.39 is 16.1 Å². The summed E-state index contributed by atoms with van der Waals surface area (Å²) in [6, 6.07) is 12.8. The Morgan fingerprint density at radius 1 is 0.964 bits per heavy atom. The SMILES string of the molecule is COc1ccc(OC(C)C(=O)Nc2ccc(S(=O)(=O)N(C)C(C)C)cc2)cc1. The van der Waals surface area contributed by atoms with Gasteiger partial charge in [-0.1, -0.05) is 0 Å². The summed E-state index contributed by atoms with van der Waals surface area (Å²) in [5, 5.41) is 2.72. The molecule has 28 heavy (non-hydrogen) atoms. The van der Waals surface area contributed by atoms with Gasteiger partial charge in [-0.15, -0.1) is 0 Å². The van der Waals surface area contributed by atoms with Gasteiger partial charge in [0.15, 0.2) is 6.10 Å². The van der Waals surface area contributed by atoms with E-state index in [9.17, 15) is 13.2 Å². The predicted octanol–water partition coefficient (Wildman–Crippen LogP) is 3.13. The van der Waals surface area contributed by atoms with E-state index in [-0.39, 0.29) is 16.8 Å². The van der Waals surface area contributed by atoms with Gasteiger partial charge in [0.25, 0.3) is 5.91 Å². The van der Waals surface area contributed by atoms with Crippen LogP contribution in [0.3, 0.4) is 0 Å². The highest BCUT2D eigenvalue weighted by molar-refractivity contribution is 7.89. The largest absolute Gasteiger partial charge is 0.497 e. The maximum atomic E-state index is 12.5. The molecular weight excluding hydrogens is 380 g/mol. The van der Waals surface area contributed by atoms with Gasteiger partial charge in [-0.05, 0) is 69.3 Å². The lowest BCUT2D eigenvalue weighted by Gasteiger charge is -2.21. The molecule has 7 nitrogen and oxygen atoms in total. The molecule has 8 heteroatoms. The highest BCUT2D eigenvalue weighted by atomic mass is 32.2. The van der Waals surface area contributed by atoms with E-state index in [1.165, 1.54) is 23.5 Å². The summed E-state index contributed by atoms with van der Waals surface area (Å²) in [6.07, 6.45) is -0.733. The molecule has 0 spiro atoms. The molecule has 0 radical (unpaired) electrons. The lowest BCUT2D eigenvalue weighted by atomic mass is 10.3. The average molecular weight is 407 g/mol. The van der Waals surface area contributed by atoms with E-state index in [1.54, 1.807) is 64.3 Å². The zero-order valence-electron chi connectivity index (χ0n) is 16.7. The Hall–Kier alpha value is -2.58. The first-order chi connectivity index (χ1) is 13.1. The van der Waals surface area contributed by atoms with Crippen LogP contribution in [0.1, 0.15) is 20.8 Å². The van der Waals surface area contributed by atoms with Crippen LogP contribution in [0.2, 0.25) is 0 Å². The minimum absolute atomic E-state index is 0.152. The Labute approximate surface area is 166 Å². The van der Waals surface area contributed by atoms with Crippen molar-refractivity contribution in [3.8, 4) is 11.5 Å². The lowest BCUT2D eigenvalue weighted by molar-refractivity contribution is -0.122. The molecule has 0 fully saturated rings. The van der Waals surface area contributed by atoms with Crippen LogP contribution in [0.4, 0.5) is 5.69 Å². The van der Waals surface area contributed by atoms with Gasteiger partial charge in [-0.25, -0.2) is 8.42 Å². The van der Waals surface area contributed by atoms with E-state index in [1.807, 2.05) is 0 Å². The fourth-order valence-electron chi connectivity index (χ4n) is 2.31. The first-order valence-corrected chi connectivity index (χ1v) is 10.3. The molecule has 0 saturated carbocycles. The van der Waals surface area contributed by atoms with Crippen molar-refractivity contribution in [2.45, 2.75) is 37.8 Å². The standard InChI is InChI=1S/C20H26N2O5S/c1-14(2)22(4)28(24,25)19-12-6-16(7-13-19)21-20(23)15(3)27-18-10-8-17(26-5)9-11-18/h6-15H,1-5H3,(H,21,23). The van der Waals surface area contributed by atoms with Crippen molar-refractivity contribution in [3.63, 3.8) is 0 Å². The number of anilines is 1. The lowest BCUT2D eigenvalue weighted by Crippen LogP contribution is -2.33. The summed E-state index contributed by atoms with van der Waals surface area (Å²) < 4.78 is 36.9. The molecule has 2 aromatic carbocycles. The number of amides is 1. The van der Waals surface area contributed by atoms with E-state index in [4.69, 9.17) is 9.47 Å². The molecule has 1 atom stereocenters. The van der Waals surface area contributed by atoms with Gasteiger partial charge in [0, 0.05) is 18.8 Å². The first-order valence-electron chi connectivity index (χ1n) is 8.85. The summed E-state index contributed by atoms with van der Waals surface area (Å²) in [4.78, 5) is 12.5. The van der Waals surface area contributed by atoms with Crippen molar-refractivity contribution >= 4 is 21.6 Å². The van der Waals surface area contributed by atoms with Crippen LogP contribution in [0.5, 0.6) is 11.5 Å². The maximum absolute atomic E-state index is 12.5. The number of nitrogens with one attached hydrogen (secondary N) is 1. The Morgan fingerprint density at radius 2 is 1.50 bits per heavy atom.